The molecule has 0 aliphatic heterocycles. The molecule has 0 aliphatic carbocycles. The number of rotatable bonds is 5. The monoisotopic (exact) mass is 349 g/mol. The molecule has 2 N–H and O–H groups in total. The molecule has 0 radical (unpaired) electrons. The minimum atomic E-state index is -1.17. The second-order valence-corrected chi connectivity index (χ2v) is 6.47. The summed E-state index contributed by atoms with van der Waals surface area (Å²) in [7, 11) is 0. The predicted molar refractivity (Wildman–Crippen MR) is 101 cm³/mol. The second-order valence-electron chi connectivity index (χ2n) is 6.47. The minimum Gasteiger partial charge on any atom is -0.378 e. The molecule has 2 unspecified atom stereocenters. The van der Waals surface area contributed by atoms with Crippen LogP contribution < -0.4 is 5.32 Å². The first-order chi connectivity index (χ1) is 12.5. The summed E-state index contributed by atoms with van der Waals surface area (Å²) in [6.07, 6.45) is -1.17. The van der Waals surface area contributed by atoms with Gasteiger partial charge in [0.15, 0.2) is 6.10 Å². The fourth-order valence-corrected chi connectivity index (χ4v) is 2.96. The van der Waals surface area contributed by atoms with Crippen LogP contribution in [0.1, 0.15) is 41.6 Å². The van der Waals surface area contributed by atoms with Gasteiger partial charge in [0.05, 0.1) is 17.4 Å². The molecule has 3 aromatic rings. The van der Waals surface area contributed by atoms with Gasteiger partial charge in [0.25, 0.3) is 5.91 Å². The van der Waals surface area contributed by atoms with Gasteiger partial charge >= 0.3 is 0 Å². The zero-order valence-electron chi connectivity index (χ0n) is 15.2. The number of aryl methyl sites for hydroxylation is 2. The Labute approximate surface area is 153 Å². The van der Waals surface area contributed by atoms with Crippen LogP contribution >= 0.6 is 0 Å². The van der Waals surface area contributed by atoms with Crippen molar-refractivity contribution in [1.82, 2.24) is 15.1 Å². The van der Waals surface area contributed by atoms with Gasteiger partial charge in [-0.2, -0.15) is 5.10 Å². The zero-order valence-corrected chi connectivity index (χ0v) is 15.2. The molecule has 2 atom stereocenters. The maximum Gasteiger partial charge on any atom is 0.253 e. The standard InChI is InChI=1S/C21H23N3O2/c1-14-13-15(2)24(23-14)19-11-9-17(10-12-19)16(3)22-21(26)20(25)18-7-5-4-6-8-18/h4-13,16,20,25H,1-3H3,(H,22,26). The van der Waals surface area contributed by atoms with Crippen molar-refractivity contribution in [2.45, 2.75) is 32.9 Å². The third kappa shape index (κ3) is 3.83. The van der Waals surface area contributed by atoms with Gasteiger partial charge in [-0.05, 0) is 50.1 Å². The summed E-state index contributed by atoms with van der Waals surface area (Å²) in [6.45, 7) is 5.88. The summed E-state index contributed by atoms with van der Waals surface area (Å²) in [4.78, 5) is 12.3. The summed E-state index contributed by atoms with van der Waals surface area (Å²) < 4.78 is 1.89. The lowest BCUT2D eigenvalue weighted by Crippen LogP contribution is -2.31. The summed E-state index contributed by atoms with van der Waals surface area (Å²) in [6, 6.07) is 18.6. The van der Waals surface area contributed by atoms with E-state index < -0.39 is 12.0 Å². The maximum atomic E-state index is 12.3. The van der Waals surface area contributed by atoms with E-state index in [1.54, 1.807) is 24.3 Å². The zero-order chi connectivity index (χ0) is 18.7. The summed E-state index contributed by atoms with van der Waals surface area (Å²) in [5.41, 5.74) is 4.56. The average molecular weight is 349 g/mol. The van der Waals surface area contributed by atoms with E-state index in [1.165, 1.54) is 0 Å². The highest BCUT2D eigenvalue weighted by Crippen LogP contribution is 2.19. The van der Waals surface area contributed by atoms with Crippen molar-refractivity contribution >= 4 is 5.91 Å². The van der Waals surface area contributed by atoms with Gasteiger partial charge in [0.2, 0.25) is 0 Å². The lowest BCUT2D eigenvalue weighted by atomic mass is 10.1. The van der Waals surface area contributed by atoms with Gasteiger partial charge in [-0.25, -0.2) is 4.68 Å². The van der Waals surface area contributed by atoms with E-state index in [4.69, 9.17) is 0 Å². The summed E-state index contributed by atoms with van der Waals surface area (Å²) >= 11 is 0. The van der Waals surface area contributed by atoms with Crippen LogP contribution in [-0.2, 0) is 4.79 Å². The normalized spacial score (nSPS) is 13.2. The number of nitrogens with zero attached hydrogens (tertiary/aromatic N) is 2. The number of aliphatic hydroxyl groups is 1. The molecule has 2 aromatic carbocycles. The van der Waals surface area contributed by atoms with Gasteiger partial charge in [-0.15, -0.1) is 0 Å². The first kappa shape index (κ1) is 17.9. The molecule has 0 saturated carbocycles. The van der Waals surface area contributed by atoms with Gasteiger partial charge in [-0.1, -0.05) is 42.5 Å². The number of hydrogen-bond donors (Lipinski definition) is 2. The van der Waals surface area contributed by atoms with E-state index in [2.05, 4.69) is 10.4 Å². The molecule has 26 heavy (non-hydrogen) atoms. The fourth-order valence-electron chi connectivity index (χ4n) is 2.96. The van der Waals surface area contributed by atoms with Gasteiger partial charge in [0, 0.05) is 5.69 Å². The van der Waals surface area contributed by atoms with Crippen LogP contribution in [0, 0.1) is 13.8 Å². The minimum absolute atomic E-state index is 0.213. The van der Waals surface area contributed by atoms with Crippen LogP contribution in [0.5, 0.6) is 0 Å². The average Bonchev–Trinajstić information content (AvgIpc) is 3.00. The van der Waals surface area contributed by atoms with Gasteiger partial charge in [0.1, 0.15) is 0 Å². The molecule has 3 rings (SSSR count). The van der Waals surface area contributed by atoms with Crippen LogP contribution in [0.3, 0.4) is 0 Å². The molecule has 0 spiro atoms. The lowest BCUT2D eigenvalue weighted by molar-refractivity contribution is -0.130. The highest BCUT2D eigenvalue weighted by molar-refractivity contribution is 5.82. The second kappa shape index (κ2) is 7.54. The number of carbonyl (C=O) groups is 1. The maximum absolute atomic E-state index is 12.3. The molecule has 5 nitrogen and oxygen atoms in total. The Morgan fingerprint density at radius 2 is 1.69 bits per heavy atom. The van der Waals surface area contributed by atoms with Crippen LogP contribution in [0.2, 0.25) is 0 Å². The molecule has 0 aliphatic rings. The van der Waals surface area contributed by atoms with Gasteiger partial charge in [-0.3, -0.25) is 4.79 Å². The molecule has 0 fully saturated rings. The number of aromatic nitrogens is 2. The van der Waals surface area contributed by atoms with Gasteiger partial charge < -0.3 is 10.4 Å². The molecule has 1 aromatic heterocycles. The summed E-state index contributed by atoms with van der Waals surface area (Å²) in [5.74, 6) is -0.411. The largest absolute Gasteiger partial charge is 0.378 e. The fraction of sp³-hybridized carbons (Fsp3) is 0.238. The first-order valence-corrected chi connectivity index (χ1v) is 8.62. The third-order valence-corrected chi connectivity index (χ3v) is 4.37. The number of amides is 1. The van der Waals surface area contributed by atoms with Crippen molar-refractivity contribution in [3.05, 3.63) is 83.2 Å². The topological polar surface area (TPSA) is 67.2 Å². The summed E-state index contributed by atoms with van der Waals surface area (Å²) in [5, 5.41) is 17.5. The molecule has 0 bridgehead atoms. The molecule has 1 amide bonds. The van der Waals surface area contributed by atoms with Crippen molar-refractivity contribution in [2.75, 3.05) is 0 Å². The number of hydrogen-bond acceptors (Lipinski definition) is 3. The first-order valence-electron chi connectivity index (χ1n) is 8.62. The molecule has 0 saturated heterocycles. The molecule has 1 heterocycles. The van der Waals surface area contributed by atoms with Crippen molar-refractivity contribution in [3.8, 4) is 5.69 Å². The van der Waals surface area contributed by atoms with Crippen LogP contribution in [0.15, 0.2) is 60.7 Å². The highest BCUT2D eigenvalue weighted by atomic mass is 16.3. The molecule has 5 heteroatoms. The molecular formula is C21H23N3O2. The van der Waals surface area contributed by atoms with E-state index in [-0.39, 0.29) is 6.04 Å². The van der Waals surface area contributed by atoms with Crippen LogP contribution in [-0.4, -0.2) is 20.8 Å². The smallest absolute Gasteiger partial charge is 0.253 e. The Morgan fingerprint density at radius 3 is 2.27 bits per heavy atom. The van der Waals surface area contributed by atoms with Crippen molar-refractivity contribution in [1.29, 1.82) is 0 Å². The Morgan fingerprint density at radius 1 is 1.04 bits per heavy atom. The lowest BCUT2D eigenvalue weighted by Gasteiger charge is -2.18. The van der Waals surface area contributed by atoms with Crippen LogP contribution in [0.4, 0.5) is 0 Å². The van der Waals surface area contributed by atoms with Crippen LogP contribution in [0.25, 0.3) is 5.69 Å². The van der Waals surface area contributed by atoms with E-state index in [0.29, 0.717) is 5.56 Å². The quantitative estimate of drug-likeness (QED) is 0.742. The Kier molecular flexibility index (Phi) is 5.19. The van der Waals surface area contributed by atoms with E-state index in [1.807, 2.05) is 61.9 Å². The predicted octanol–water partition coefficient (Wildman–Crippen LogP) is 3.40. The Bertz CT molecular complexity index is 885. The molecule has 134 valence electrons. The SMILES string of the molecule is Cc1cc(C)n(-c2ccc(C(C)NC(=O)C(O)c3ccccc3)cc2)n1. The van der Waals surface area contributed by atoms with E-state index >= 15 is 0 Å². The highest BCUT2D eigenvalue weighted by Gasteiger charge is 2.19. The Hall–Kier alpha value is -2.92. The number of carbonyl (C=O) groups excluding carboxylic acids is 1. The van der Waals surface area contributed by atoms with E-state index in [9.17, 15) is 9.90 Å². The number of nitrogens with one attached hydrogen (secondary N) is 1. The molecular weight excluding hydrogens is 326 g/mol. The third-order valence-electron chi connectivity index (χ3n) is 4.37. The van der Waals surface area contributed by atoms with Crippen molar-refractivity contribution in [3.63, 3.8) is 0 Å². The van der Waals surface area contributed by atoms with Crippen molar-refractivity contribution in [2.24, 2.45) is 0 Å². The van der Waals surface area contributed by atoms with Crippen molar-refractivity contribution < 1.29 is 9.90 Å². The Balaban J connectivity index is 1.69. The van der Waals surface area contributed by atoms with E-state index in [0.717, 1.165) is 22.6 Å². The number of benzene rings is 2. The number of aliphatic hydroxyl groups excluding tert-OH is 1.